The van der Waals surface area contributed by atoms with Gasteiger partial charge in [-0.3, -0.25) is 4.98 Å². The molecule has 0 bridgehead atoms. The van der Waals surface area contributed by atoms with Crippen LogP contribution in [0.25, 0.3) is 0 Å². The van der Waals surface area contributed by atoms with Crippen LogP contribution in [0.5, 0.6) is 0 Å². The molecule has 1 saturated heterocycles. The van der Waals surface area contributed by atoms with Crippen molar-refractivity contribution >= 4 is 23.1 Å². The standard InChI is InChI=1S/C26H28ClF2N5/c1-32-10-12-33(13-11-32)20-5-2-4-18(15-20)14-19-16-30-24-6-3-9-34(26(24)31-19)17-21-22(28)7-8-23(29)25(21)27/h2,4-5,7-8,15-16H,3,6,9-14,17H2,1H3. The fraction of sp³-hybridized carbons (Fsp3) is 0.385. The van der Waals surface area contributed by atoms with Gasteiger partial charge in [-0.15, -0.1) is 0 Å². The highest BCUT2D eigenvalue weighted by Crippen LogP contribution is 2.30. The van der Waals surface area contributed by atoms with Gasteiger partial charge in [0.2, 0.25) is 0 Å². The van der Waals surface area contributed by atoms with Gasteiger partial charge in [0, 0.05) is 63.1 Å². The highest BCUT2D eigenvalue weighted by molar-refractivity contribution is 6.31. The average Bonchev–Trinajstić information content (AvgIpc) is 2.85. The third-order valence-corrected chi connectivity index (χ3v) is 7.08. The summed E-state index contributed by atoms with van der Waals surface area (Å²) in [6.07, 6.45) is 4.19. The monoisotopic (exact) mass is 483 g/mol. The van der Waals surface area contributed by atoms with Gasteiger partial charge in [-0.25, -0.2) is 13.8 Å². The summed E-state index contributed by atoms with van der Waals surface area (Å²) in [4.78, 5) is 16.3. The van der Waals surface area contributed by atoms with Crippen molar-refractivity contribution in [3.8, 4) is 0 Å². The van der Waals surface area contributed by atoms with E-state index in [0.717, 1.165) is 68.4 Å². The van der Waals surface area contributed by atoms with Gasteiger partial charge >= 0.3 is 0 Å². The van der Waals surface area contributed by atoms with Crippen LogP contribution < -0.4 is 9.80 Å². The number of fused-ring (bicyclic) bond motifs is 1. The summed E-state index contributed by atoms with van der Waals surface area (Å²) in [5.74, 6) is -0.391. The molecule has 5 nitrogen and oxygen atoms in total. The number of hydrogen-bond acceptors (Lipinski definition) is 5. The van der Waals surface area contributed by atoms with Gasteiger partial charge in [-0.2, -0.15) is 0 Å². The second-order valence-corrected chi connectivity index (χ2v) is 9.49. The molecule has 1 fully saturated rings. The molecule has 0 radical (unpaired) electrons. The molecule has 0 N–H and O–H groups in total. The molecule has 3 aromatic rings. The lowest BCUT2D eigenvalue weighted by Crippen LogP contribution is -2.44. The van der Waals surface area contributed by atoms with Crippen LogP contribution in [0, 0.1) is 11.6 Å². The third-order valence-electron chi connectivity index (χ3n) is 6.67. The number of halogens is 3. The van der Waals surface area contributed by atoms with Gasteiger partial charge in [-0.05, 0) is 49.7 Å². The number of hydrogen-bond donors (Lipinski definition) is 0. The fourth-order valence-corrected chi connectivity index (χ4v) is 4.91. The summed E-state index contributed by atoms with van der Waals surface area (Å²) in [5.41, 5.74) is 4.30. The molecule has 2 aliphatic rings. The lowest BCUT2D eigenvalue weighted by atomic mass is 10.1. The van der Waals surface area contributed by atoms with Crippen LogP contribution in [-0.4, -0.2) is 54.6 Å². The highest BCUT2D eigenvalue weighted by atomic mass is 35.5. The predicted octanol–water partition coefficient (Wildman–Crippen LogP) is 4.70. The highest BCUT2D eigenvalue weighted by Gasteiger charge is 2.23. The maximum atomic E-state index is 14.4. The number of anilines is 2. The molecule has 0 unspecified atom stereocenters. The Morgan fingerprint density at radius 2 is 1.79 bits per heavy atom. The van der Waals surface area contributed by atoms with Gasteiger partial charge in [0.05, 0.1) is 16.4 Å². The number of likely N-dealkylation sites (N-methyl/N-ethyl adjacent to an activating group) is 1. The molecule has 0 atom stereocenters. The minimum Gasteiger partial charge on any atom is -0.369 e. The van der Waals surface area contributed by atoms with Crippen molar-refractivity contribution in [1.82, 2.24) is 14.9 Å². The number of piperazine rings is 1. The molecule has 0 aliphatic carbocycles. The first-order chi connectivity index (χ1) is 16.5. The zero-order valence-corrected chi connectivity index (χ0v) is 20.0. The fourth-order valence-electron chi connectivity index (χ4n) is 4.69. The SMILES string of the molecule is CN1CCN(c2cccc(Cc3cnc4c(n3)N(Cc3c(F)ccc(F)c3Cl)CCC4)c2)CC1. The Morgan fingerprint density at radius 1 is 1.00 bits per heavy atom. The Balaban J connectivity index is 1.37. The largest absolute Gasteiger partial charge is 0.369 e. The van der Waals surface area contributed by atoms with Crippen LogP contribution in [0.1, 0.15) is 28.9 Å². The van der Waals surface area contributed by atoms with E-state index in [1.807, 2.05) is 11.1 Å². The zero-order chi connectivity index (χ0) is 23.7. The molecular weight excluding hydrogens is 456 g/mol. The maximum Gasteiger partial charge on any atom is 0.150 e. The van der Waals surface area contributed by atoms with Crippen LogP contribution in [0.4, 0.5) is 20.3 Å². The Morgan fingerprint density at radius 3 is 2.62 bits per heavy atom. The van der Waals surface area contributed by atoms with E-state index in [4.69, 9.17) is 16.6 Å². The molecule has 1 aromatic heterocycles. The molecule has 2 aliphatic heterocycles. The first kappa shape index (κ1) is 23.0. The number of benzene rings is 2. The zero-order valence-electron chi connectivity index (χ0n) is 19.3. The quantitative estimate of drug-likeness (QED) is 0.491. The normalized spacial score (nSPS) is 16.6. The van der Waals surface area contributed by atoms with E-state index in [2.05, 4.69) is 46.1 Å². The number of aryl methyl sites for hydroxylation is 1. The molecule has 5 rings (SSSR count). The topological polar surface area (TPSA) is 35.5 Å². The van der Waals surface area contributed by atoms with Crippen molar-refractivity contribution < 1.29 is 8.78 Å². The van der Waals surface area contributed by atoms with Crippen molar-refractivity contribution in [1.29, 1.82) is 0 Å². The summed E-state index contributed by atoms with van der Waals surface area (Å²) in [6, 6.07) is 10.8. The lowest BCUT2D eigenvalue weighted by molar-refractivity contribution is 0.313. The van der Waals surface area contributed by atoms with E-state index in [9.17, 15) is 8.78 Å². The Hall–Kier alpha value is -2.77. The second-order valence-electron chi connectivity index (χ2n) is 9.12. The summed E-state index contributed by atoms with van der Waals surface area (Å²) in [7, 11) is 2.16. The van der Waals surface area contributed by atoms with Gasteiger partial charge in [0.25, 0.3) is 0 Å². The minimum atomic E-state index is -0.615. The van der Waals surface area contributed by atoms with E-state index >= 15 is 0 Å². The molecule has 0 saturated carbocycles. The Labute approximate surface area is 204 Å². The molecule has 34 heavy (non-hydrogen) atoms. The minimum absolute atomic E-state index is 0.154. The smallest absolute Gasteiger partial charge is 0.150 e. The number of nitrogens with zero attached hydrogens (tertiary/aromatic N) is 5. The predicted molar refractivity (Wildman–Crippen MR) is 132 cm³/mol. The summed E-state index contributed by atoms with van der Waals surface area (Å²) in [6.45, 7) is 5.01. The molecule has 2 aromatic carbocycles. The lowest BCUT2D eigenvalue weighted by Gasteiger charge is -2.34. The van der Waals surface area contributed by atoms with Gasteiger partial charge < -0.3 is 14.7 Å². The van der Waals surface area contributed by atoms with E-state index in [0.29, 0.717) is 13.0 Å². The first-order valence-corrected chi connectivity index (χ1v) is 12.1. The van der Waals surface area contributed by atoms with E-state index in [1.165, 1.54) is 11.3 Å². The average molecular weight is 484 g/mol. The summed E-state index contributed by atoms with van der Waals surface area (Å²) < 4.78 is 28.4. The van der Waals surface area contributed by atoms with Crippen molar-refractivity contribution in [3.63, 3.8) is 0 Å². The van der Waals surface area contributed by atoms with E-state index in [1.54, 1.807) is 0 Å². The second kappa shape index (κ2) is 9.84. The number of aromatic nitrogens is 2. The molecular formula is C26H28ClF2N5. The van der Waals surface area contributed by atoms with Crippen LogP contribution in [0.15, 0.2) is 42.6 Å². The van der Waals surface area contributed by atoms with Crippen LogP contribution >= 0.6 is 11.6 Å². The summed E-state index contributed by atoms with van der Waals surface area (Å²) in [5, 5.41) is -0.169. The number of rotatable bonds is 5. The van der Waals surface area contributed by atoms with Crippen LogP contribution in [0.3, 0.4) is 0 Å². The Bertz CT molecular complexity index is 1180. The molecule has 8 heteroatoms. The molecule has 178 valence electrons. The maximum absolute atomic E-state index is 14.4. The van der Waals surface area contributed by atoms with E-state index in [-0.39, 0.29) is 17.1 Å². The van der Waals surface area contributed by atoms with Crippen LogP contribution in [0.2, 0.25) is 5.02 Å². The van der Waals surface area contributed by atoms with Crippen molar-refractivity contribution in [2.75, 3.05) is 49.6 Å². The van der Waals surface area contributed by atoms with Crippen LogP contribution in [-0.2, 0) is 19.4 Å². The van der Waals surface area contributed by atoms with Crippen molar-refractivity contribution in [3.05, 3.63) is 81.8 Å². The first-order valence-electron chi connectivity index (χ1n) is 11.7. The molecule has 0 amide bonds. The van der Waals surface area contributed by atoms with E-state index < -0.39 is 11.6 Å². The van der Waals surface area contributed by atoms with Crippen molar-refractivity contribution in [2.24, 2.45) is 0 Å². The summed E-state index contributed by atoms with van der Waals surface area (Å²) >= 11 is 6.09. The van der Waals surface area contributed by atoms with Gasteiger partial charge in [-0.1, -0.05) is 23.7 Å². The van der Waals surface area contributed by atoms with Gasteiger partial charge in [0.15, 0.2) is 5.82 Å². The third kappa shape index (κ3) is 4.86. The molecule has 3 heterocycles. The van der Waals surface area contributed by atoms with Gasteiger partial charge in [0.1, 0.15) is 11.6 Å². The van der Waals surface area contributed by atoms with Crippen molar-refractivity contribution in [2.45, 2.75) is 25.8 Å². The molecule has 0 spiro atoms. The Kier molecular flexibility index (Phi) is 6.66.